The van der Waals surface area contributed by atoms with Crippen molar-refractivity contribution in [3.63, 3.8) is 0 Å². The van der Waals surface area contributed by atoms with Crippen molar-refractivity contribution < 1.29 is 4.79 Å². The molecule has 0 spiro atoms. The fourth-order valence-corrected chi connectivity index (χ4v) is 2.34. The molecule has 1 aromatic heterocycles. The van der Waals surface area contributed by atoms with E-state index in [1.807, 2.05) is 26.1 Å². The summed E-state index contributed by atoms with van der Waals surface area (Å²) in [4.78, 5) is 18.2. The molecular formula is C13H20N4O. The van der Waals surface area contributed by atoms with E-state index >= 15 is 0 Å². The Morgan fingerprint density at radius 1 is 1.50 bits per heavy atom. The van der Waals surface area contributed by atoms with Crippen LogP contribution in [0.25, 0.3) is 0 Å². The van der Waals surface area contributed by atoms with Gasteiger partial charge in [-0.25, -0.2) is 0 Å². The third-order valence-corrected chi connectivity index (χ3v) is 3.17. The van der Waals surface area contributed by atoms with Crippen LogP contribution in [0.15, 0.2) is 24.5 Å². The highest BCUT2D eigenvalue weighted by Crippen LogP contribution is 2.12. The van der Waals surface area contributed by atoms with Crippen LogP contribution in [-0.2, 0) is 11.3 Å². The van der Waals surface area contributed by atoms with Crippen LogP contribution in [0.5, 0.6) is 0 Å². The number of hydrogen-bond acceptors (Lipinski definition) is 4. The van der Waals surface area contributed by atoms with Crippen LogP contribution in [-0.4, -0.2) is 48.0 Å². The van der Waals surface area contributed by atoms with Gasteiger partial charge in [0.25, 0.3) is 0 Å². The van der Waals surface area contributed by atoms with Crippen molar-refractivity contribution in [2.45, 2.75) is 25.6 Å². The van der Waals surface area contributed by atoms with Crippen molar-refractivity contribution in [3.05, 3.63) is 30.1 Å². The number of carbonyl (C=O) groups is 1. The molecule has 2 atom stereocenters. The molecule has 0 radical (unpaired) electrons. The zero-order valence-corrected chi connectivity index (χ0v) is 10.9. The maximum absolute atomic E-state index is 12.0. The van der Waals surface area contributed by atoms with E-state index in [2.05, 4.69) is 20.5 Å². The fraction of sp³-hybridized carbons (Fsp3) is 0.538. The predicted octanol–water partition coefficient (Wildman–Crippen LogP) is -0.0101. The summed E-state index contributed by atoms with van der Waals surface area (Å²) in [7, 11) is 1.87. The van der Waals surface area contributed by atoms with Gasteiger partial charge in [0.05, 0.1) is 0 Å². The summed E-state index contributed by atoms with van der Waals surface area (Å²) in [5, 5.41) is 6.08. The van der Waals surface area contributed by atoms with Crippen LogP contribution in [0.4, 0.5) is 0 Å². The van der Waals surface area contributed by atoms with Crippen molar-refractivity contribution in [1.82, 2.24) is 20.5 Å². The van der Waals surface area contributed by atoms with Crippen LogP contribution >= 0.6 is 0 Å². The lowest BCUT2D eigenvalue weighted by Crippen LogP contribution is -2.61. The standard InChI is InChI=1S/C13H20N4O/c1-10-8-17(9-11-3-5-15-6-4-11)12(7-14-2)13(18)16-10/h3-6,10,12,14H,7-9H2,1-2H3,(H,16,18). The second-order valence-corrected chi connectivity index (χ2v) is 4.77. The fourth-order valence-electron chi connectivity index (χ4n) is 2.34. The van der Waals surface area contributed by atoms with E-state index in [1.165, 1.54) is 5.56 Å². The van der Waals surface area contributed by atoms with E-state index in [0.717, 1.165) is 13.1 Å². The molecule has 98 valence electrons. The first kappa shape index (κ1) is 13.0. The average molecular weight is 248 g/mol. The number of piperazine rings is 1. The number of aromatic nitrogens is 1. The van der Waals surface area contributed by atoms with Crippen LogP contribution in [0.3, 0.4) is 0 Å². The molecule has 1 aliphatic rings. The van der Waals surface area contributed by atoms with Gasteiger partial charge >= 0.3 is 0 Å². The molecule has 5 nitrogen and oxygen atoms in total. The summed E-state index contributed by atoms with van der Waals surface area (Å²) in [5.74, 6) is 0.108. The molecule has 5 heteroatoms. The molecule has 1 fully saturated rings. The van der Waals surface area contributed by atoms with Crippen molar-refractivity contribution in [2.75, 3.05) is 20.1 Å². The first-order valence-corrected chi connectivity index (χ1v) is 6.28. The SMILES string of the molecule is CNCC1C(=O)NC(C)CN1Cc1ccncc1. The topological polar surface area (TPSA) is 57.3 Å². The Labute approximate surface area is 108 Å². The lowest BCUT2D eigenvalue weighted by molar-refractivity contribution is -0.130. The Morgan fingerprint density at radius 3 is 2.89 bits per heavy atom. The van der Waals surface area contributed by atoms with Gasteiger partial charge in [-0.3, -0.25) is 14.7 Å². The minimum atomic E-state index is -0.0978. The molecule has 2 rings (SSSR count). The van der Waals surface area contributed by atoms with Gasteiger partial charge in [-0.1, -0.05) is 0 Å². The second-order valence-electron chi connectivity index (χ2n) is 4.77. The second kappa shape index (κ2) is 5.93. The number of nitrogens with one attached hydrogen (secondary N) is 2. The van der Waals surface area contributed by atoms with Gasteiger partial charge < -0.3 is 10.6 Å². The van der Waals surface area contributed by atoms with Gasteiger partial charge in [0, 0.05) is 38.1 Å². The summed E-state index contributed by atoms with van der Waals surface area (Å²) in [5.41, 5.74) is 1.19. The summed E-state index contributed by atoms with van der Waals surface area (Å²) >= 11 is 0. The normalized spacial score (nSPS) is 24.9. The first-order valence-electron chi connectivity index (χ1n) is 6.28. The third kappa shape index (κ3) is 3.05. The average Bonchev–Trinajstić information content (AvgIpc) is 2.35. The van der Waals surface area contributed by atoms with Gasteiger partial charge in [-0.2, -0.15) is 0 Å². The Kier molecular flexibility index (Phi) is 4.28. The maximum atomic E-state index is 12.0. The van der Waals surface area contributed by atoms with E-state index in [1.54, 1.807) is 12.4 Å². The molecule has 2 N–H and O–H groups in total. The lowest BCUT2D eigenvalue weighted by Gasteiger charge is -2.38. The van der Waals surface area contributed by atoms with Crippen LogP contribution < -0.4 is 10.6 Å². The van der Waals surface area contributed by atoms with Crippen LogP contribution in [0.1, 0.15) is 12.5 Å². The number of amides is 1. The van der Waals surface area contributed by atoms with Crippen molar-refractivity contribution in [3.8, 4) is 0 Å². The minimum Gasteiger partial charge on any atom is -0.351 e. The summed E-state index contributed by atoms with van der Waals surface area (Å²) in [6.45, 7) is 4.36. The molecule has 2 heterocycles. The Bertz CT molecular complexity index is 395. The van der Waals surface area contributed by atoms with Crippen LogP contribution in [0.2, 0.25) is 0 Å². The molecule has 2 unspecified atom stereocenters. The van der Waals surface area contributed by atoms with E-state index < -0.39 is 0 Å². The summed E-state index contributed by atoms with van der Waals surface area (Å²) in [6.07, 6.45) is 3.58. The number of likely N-dealkylation sites (N-methyl/N-ethyl adjacent to an activating group) is 1. The molecule has 0 aromatic carbocycles. The number of rotatable bonds is 4. The monoisotopic (exact) mass is 248 g/mol. The maximum Gasteiger partial charge on any atom is 0.238 e. The molecule has 0 saturated carbocycles. The van der Waals surface area contributed by atoms with Gasteiger partial charge in [0.1, 0.15) is 6.04 Å². The third-order valence-electron chi connectivity index (χ3n) is 3.17. The van der Waals surface area contributed by atoms with Gasteiger partial charge in [0.15, 0.2) is 0 Å². The Hall–Kier alpha value is -1.46. The lowest BCUT2D eigenvalue weighted by atomic mass is 10.1. The highest BCUT2D eigenvalue weighted by atomic mass is 16.2. The highest BCUT2D eigenvalue weighted by Gasteiger charge is 2.31. The zero-order chi connectivity index (χ0) is 13.0. The van der Waals surface area contributed by atoms with Crippen LogP contribution in [0, 0.1) is 0 Å². The smallest absolute Gasteiger partial charge is 0.238 e. The molecule has 1 amide bonds. The van der Waals surface area contributed by atoms with Crippen molar-refractivity contribution in [2.24, 2.45) is 0 Å². The number of carbonyl (C=O) groups excluding carboxylic acids is 1. The van der Waals surface area contributed by atoms with E-state index in [0.29, 0.717) is 6.54 Å². The molecule has 1 saturated heterocycles. The van der Waals surface area contributed by atoms with E-state index in [9.17, 15) is 4.79 Å². The van der Waals surface area contributed by atoms with Crippen molar-refractivity contribution in [1.29, 1.82) is 0 Å². The number of nitrogens with zero attached hydrogens (tertiary/aromatic N) is 2. The molecule has 0 aliphatic carbocycles. The number of pyridine rings is 1. The molecule has 0 bridgehead atoms. The quantitative estimate of drug-likeness (QED) is 0.787. The molecule has 1 aromatic rings. The van der Waals surface area contributed by atoms with Crippen molar-refractivity contribution >= 4 is 5.91 Å². The van der Waals surface area contributed by atoms with Gasteiger partial charge in [-0.15, -0.1) is 0 Å². The van der Waals surface area contributed by atoms with E-state index in [4.69, 9.17) is 0 Å². The summed E-state index contributed by atoms with van der Waals surface area (Å²) < 4.78 is 0. The zero-order valence-electron chi connectivity index (χ0n) is 10.9. The summed E-state index contributed by atoms with van der Waals surface area (Å²) in [6, 6.07) is 4.09. The van der Waals surface area contributed by atoms with E-state index in [-0.39, 0.29) is 18.0 Å². The Balaban J connectivity index is 2.09. The predicted molar refractivity (Wildman–Crippen MR) is 70.0 cm³/mol. The minimum absolute atomic E-state index is 0.0978. The molecule has 1 aliphatic heterocycles. The highest BCUT2D eigenvalue weighted by molar-refractivity contribution is 5.83. The first-order chi connectivity index (χ1) is 8.70. The molecule has 18 heavy (non-hydrogen) atoms. The largest absolute Gasteiger partial charge is 0.351 e. The van der Waals surface area contributed by atoms with Gasteiger partial charge in [0.2, 0.25) is 5.91 Å². The number of hydrogen-bond donors (Lipinski definition) is 2. The van der Waals surface area contributed by atoms with Gasteiger partial charge in [-0.05, 0) is 31.7 Å². The molecular weight excluding hydrogens is 228 g/mol. The Morgan fingerprint density at radius 2 is 2.22 bits per heavy atom.